The molecule has 1 saturated heterocycles. The highest BCUT2D eigenvalue weighted by Gasteiger charge is 2.43. The lowest BCUT2D eigenvalue weighted by Crippen LogP contribution is -2.55. The number of hydrogen-bond donors (Lipinski definition) is 12. The Morgan fingerprint density at radius 2 is 1.35 bits per heavy atom. The first-order valence-electron chi connectivity index (χ1n) is 37.4. The predicted molar refractivity (Wildman–Crippen MR) is 399 cm³/mol. The van der Waals surface area contributed by atoms with Gasteiger partial charge in [-0.3, -0.25) is 24.0 Å². The Hall–Kier alpha value is -5.10. The zero-order valence-corrected chi connectivity index (χ0v) is 65.2. The molecule has 2 bridgehead atoms. The summed E-state index contributed by atoms with van der Waals surface area (Å²) in [6.07, 6.45) is 11.3. The maximum absolute atomic E-state index is 14.3. The molecule has 0 saturated carbocycles. The van der Waals surface area contributed by atoms with Crippen molar-refractivity contribution in [2.45, 2.75) is 288 Å². The number of aliphatic hydroxyl groups is 10. The fourth-order valence-corrected chi connectivity index (χ4v) is 14.2. The zero-order valence-electron chi connectivity index (χ0n) is 65.2. The van der Waals surface area contributed by atoms with Crippen LogP contribution in [0, 0.1) is 87.8 Å². The highest BCUT2D eigenvalue weighted by molar-refractivity contribution is 5.95. The van der Waals surface area contributed by atoms with Crippen LogP contribution in [0.2, 0.25) is 0 Å². The van der Waals surface area contributed by atoms with Gasteiger partial charge >= 0.3 is 11.9 Å². The summed E-state index contributed by atoms with van der Waals surface area (Å²) in [7, 11) is 0. The molecule has 0 aliphatic carbocycles. The van der Waals surface area contributed by atoms with Crippen LogP contribution < -0.4 is 5.32 Å². The fourth-order valence-electron chi connectivity index (χ4n) is 14.2. The van der Waals surface area contributed by atoms with Crippen LogP contribution in [0.25, 0.3) is 0 Å². The first-order chi connectivity index (χ1) is 47.3. The number of carboxylic acid groups (broad SMARTS) is 1. The highest BCUT2D eigenvalue weighted by Crippen LogP contribution is 2.38. The van der Waals surface area contributed by atoms with Crippen molar-refractivity contribution in [3.8, 4) is 0 Å². The summed E-state index contributed by atoms with van der Waals surface area (Å²) in [5, 5.41) is 127. The number of ketones is 3. The number of carboxylic acids is 1. The number of amides is 1. The van der Waals surface area contributed by atoms with Gasteiger partial charge in [-0.1, -0.05) is 164 Å². The van der Waals surface area contributed by atoms with Crippen molar-refractivity contribution >= 4 is 35.2 Å². The van der Waals surface area contributed by atoms with Gasteiger partial charge in [-0.2, -0.15) is 0 Å². The molecule has 0 aromatic rings. The minimum absolute atomic E-state index is 0.0217. The van der Waals surface area contributed by atoms with Gasteiger partial charge in [0.25, 0.3) is 0 Å². The van der Waals surface area contributed by atoms with E-state index in [1.54, 1.807) is 92.7 Å². The molecule has 20 nitrogen and oxygen atoms in total. The molecule has 21 unspecified atom stereocenters. The summed E-state index contributed by atoms with van der Waals surface area (Å²) in [6.45, 7) is 35.3. The van der Waals surface area contributed by atoms with Gasteiger partial charge in [-0.25, -0.2) is 4.79 Å². The van der Waals surface area contributed by atoms with E-state index in [9.17, 15) is 84.9 Å². The van der Waals surface area contributed by atoms with Crippen molar-refractivity contribution in [1.29, 1.82) is 0 Å². The van der Waals surface area contributed by atoms with Crippen molar-refractivity contribution < 1.29 is 94.4 Å². The molecule has 2 aliphatic heterocycles. The van der Waals surface area contributed by atoms with E-state index < -0.39 is 149 Å². The van der Waals surface area contributed by atoms with Crippen molar-refractivity contribution in [3.05, 3.63) is 95.7 Å². The van der Waals surface area contributed by atoms with Crippen molar-refractivity contribution in [2.75, 3.05) is 6.61 Å². The van der Waals surface area contributed by atoms with Crippen LogP contribution in [-0.4, -0.2) is 177 Å². The Morgan fingerprint density at radius 1 is 0.755 bits per heavy atom. The maximum Gasteiger partial charge on any atom is 0.333 e. The smallest absolute Gasteiger partial charge is 0.333 e. The van der Waals surface area contributed by atoms with Crippen LogP contribution in [0.1, 0.15) is 209 Å². The number of fused-ring (bicyclic) bond motifs is 2. The Kier molecular flexibility index (Phi) is 40.2. The van der Waals surface area contributed by atoms with Gasteiger partial charge in [0.1, 0.15) is 17.8 Å². The van der Waals surface area contributed by atoms with E-state index in [0.717, 1.165) is 12.5 Å². The van der Waals surface area contributed by atoms with Crippen LogP contribution in [0.15, 0.2) is 95.7 Å². The van der Waals surface area contributed by atoms with Gasteiger partial charge in [0.2, 0.25) is 5.91 Å². The largest absolute Gasteiger partial charge is 0.479 e. The molecule has 0 radical (unpaired) electrons. The standard InChI is InChI=1S/C82H135NO19/c1-46(2)37-61(41-63(87)35-36-81(17,18)76(95)58(15)70(89)47(3)4)77(96)82(19,20)44-54(11)72(91)50(7)32-31-49(6)55(12)78(97)83-69(59(16)85)74(93)57(14)67-34-33-51(8)71(90)52(9)40-53(10)73(92)56(13)66(88)43-64-38-48(5)39-68(101-64)60(45-84)29-27-25-23-21-22-24-26-28-30-62(86)42-65(80(100)102-67)75(94)79(98)99/h23-30,33,35-36,40,44,46-50,52,55-61,64-75,77,84-85,88-94,96H,21-22,31-32,34,37-39,41-43,45H2,1-20H3,(H,83,97)(H,98,99)/b25-23+,26-24+,29-27+,30-28+,36-35+,51-33+,53-40+,54-44+/t48-,49?,50?,52?,55?,56?,57?,58?,59?,60?,61?,64-,65?,66?,67?,68-,69?,70?,71?,72?,73?,74?,75?,77?/m0/s1. The molecule has 0 spiro atoms. The molecule has 2 rings (SSSR count). The molecule has 1 fully saturated rings. The van der Waals surface area contributed by atoms with E-state index in [4.69, 9.17) is 9.47 Å². The van der Waals surface area contributed by atoms with E-state index in [-0.39, 0.29) is 85.2 Å². The highest BCUT2D eigenvalue weighted by atomic mass is 16.5. The van der Waals surface area contributed by atoms with E-state index in [2.05, 4.69) is 12.2 Å². The number of aliphatic hydroxyl groups excluding tert-OH is 10. The summed E-state index contributed by atoms with van der Waals surface area (Å²) in [4.78, 5) is 81.2. The number of Topliss-reactive ketones (excluding diaryl/α,β-unsaturated/α-hetero) is 1. The molecule has 1 amide bonds. The number of cyclic esters (lactones) is 1. The number of rotatable bonds is 28. The zero-order chi connectivity index (χ0) is 78.0. The Morgan fingerprint density at radius 3 is 1.92 bits per heavy atom. The molecule has 20 heteroatoms. The molecule has 582 valence electrons. The Labute approximate surface area is 610 Å². The molecule has 2 aliphatic rings. The van der Waals surface area contributed by atoms with E-state index in [0.29, 0.717) is 55.2 Å². The molecule has 12 N–H and O–H groups in total. The lowest BCUT2D eigenvalue weighted by Gasteiger charge is -2.38. The first kappa shape index (κ1) is 93.0. The second-order valence-electron chi connectivity index (χ2n) is 32.5. The Bertz CT molecular complexity index is 2880. The second kappa shape index (κ2) is 44.1. The van der Waals surface area contributed by atoms with Crippen LogP contribution in [-0.2, 0) is 38.2 Å². The molecule has 0 aromatic carbocycles. The van der Waals surface area contributed by atoms with Gasteiger partial charge < -0.3 is 71.0 Å². The number of esters is 1. The predicted octanol–water partition coefficient (Wildman–Crippen LogP) is 10.4. The lowest BCUT2D eigenvalue weighted by atomic mass is 9.73. The van der Waals surface area contributed by atoms with Crippen LogP contribution >= 0.6 is 0 Å². The van der Waals surface area contributed by atoms with Gasteiger partial charge in [-0.05, 0) is 157 Å². The van der Waals surface area contributed by atoms with Crippen LogP contribution in [0.3, 0.4) is 0 Å². The van der Waals surface area contributed by atoms with E-state index >= 15 is 0 Å². The van der Waals surface area contributed by atoms with Crippen molar-refractivity contribution in [2.24, 2.45) is 87.8 Å². The van der Waals surface area contributed by atoms with E-state index in [1.807, 2.05) is 85.8 Å². The monoisotopic (exact) mass is 1440 g/mol. The summed E-state index contributed by atoms with van der Waals surface area (Å²) < 4.78 is 12.5. The average molecular weight is 1440 g/mol. The summed E-state index contributed by atoms with van der Waals surface area (Å²) in [5.41, 5.74) is -0.466. The molecular weight excluding hydrogens is 1300 g/mol. The average Bonchev–Trinajstić information content (AvgIpc) is 0.853. The number of ether oxygens (including phenoxy) is 2. The number of carbonyl (C=O) groups excluding carboxylic acids is 5. The summed E-state index contributed by atoms with van der Waals surface area (Å²) in [6, 6.07) is -1.38. The molecule has 0 aromatic heterocycles. The summed E-state index contributed by atoms with van der Waals surface area (Å²) in [5.74, 6) is -11.6. The maximum atomic E-state index is 14.3. The first-order valence-corrected chi connectivity index (χ1v) is 37.4. The quantitative estimate of drug-likeness (QED) is 0.0197. The second-order valence-corrected chi connectivity index (χ2v) is 32.5. The minimum Gasteiger partial charge on any atom is -0.479 e. The number of hydrogen-bond acceptors (Lipinski definition) is 18. The Balaban J connectivity index is 2.47. The number of allylic oxidation sites excluding steroid dienone is 9. The third-order valence-electron chi connectivity index (χ3n) is 21.5. The van der Waals surface area contributed by atoms with Crippen LogP contribution in [0.4, 0.5) is 0 Å². The minimum atomic E-state index is -2.40. The van der Waals surface area contributed by atoms with Gasteiger partial charge in [0, 0.05) is 65.6 Å². The molecule has 2 heterocycles. The lowest BCUT2D eigenvalue weighted by molar-refractivity contribution is -0.171. The topological polar surface area (TPSA) is 355 Å². The van der Waals surface area contributed by atoms with Crippen molar-refractivity contribution in [3.63, 3.8) is 0 Å². The molecule has 102 heavy (non-hydrogen) atoms. The fraction of sp³-hybridized carbons (Fsp3) is 0.732. The van der Waals surface area contributed by atoms with Crippen molar-refractivity contribution in [1.82, 2.24) is 5.32 Å². The van der Waals surface area contributed by atoms with Crippen LogP contribution in [0.5, 0.6) is 0 Å². The molecule has 24 atom stereocenters. The number of aliphatic carboxylic acids is 1. The van der Waals surface area contributed by atoms with E-state index in [1.165, 1.54) is 26.0 Å². The SMILES string of the molecule is C/C1=C\CC(C(C)C(O)C(NC(=O)C(C)C(C)CCC(C)C(O)/C(C)=C/C(C)(C)C(O)C(CC(=O)/C=C/C(C)(C)C(=O)C(C)C(O)C(C)C)CC(C)C)C(C)O)OC(=O)C(C(O)C(=O)O)CC(=O)/C=C/C=C/CC/C=C/C=C/C(CO)[C@@H]2C[C@@H](C)C[C@@H](CC(O)C(C)C(O)/C(C)=C/C(C)C1O)O2. The number of carbonyl (C=O) groups is 6. The van der Waals surface area contributed by atoms with Gasteiger partial charge in [-0.15, -0.1) is 0 Å². The third kappa shape index (κ3) is 30.0. The van der Waals surface area contributed by atoms with Gasteiger partial charge in [0.15, 0.2) is 17.7 Å². The number of nitrogens with one attached hydrogen (secondary N) is 1. The summed E-state index contributed by atoms with van der Waals surface area (Å²) >= 11 is 0. The molecular formula is C82H135NO19. The van der Waals surface area contributed by atoms with Gasteiger partial charge in [0.05, 0.1) is 73.7 Å². The normalized spacial score (nSPS) is 30.5. The third-order valence-corrected chi connectivity index (χ3v) is 21.5.